The van der Waals surface area contributed by atoms with Gasteiger partial charge in [-0.05, 0) is 37.1 Å². The molecule has 0 spiro atoms. The summed E-state index contributed by atoms with van der Waals surface area (Å²) in [5.41, 5.74) is 5.21. The Hall–Kier alpha value is -1.17. The van der Waals surface area contributed by atoms with Crippen molar-refractivity contribution in [2.24, 2.45) is 11.7 Å². The monoisotopic (exact) mass is 253 g/mol. The molecular formula is C11H12F5N. The van der Waals surface area contributed by atoms with Gasteiger partial charge in [-0.15, -0.1) is 0 Å². The fourth-order valence-corrected chi connectivity index (χ4v) is 1.53. The number of benzene rings is 1. The summed E-state index contributed by atoms with van der Waals surface area (Å²) in [6.07, 6.45) is -5.01. The first-order valence-electron chi connectivity index (χ1n) is 5.05. The smallest absolute Gasteiger partial charge is 0.330 e. The number of nitrogens with two attached hydrogens (primary N) is 1. The van der Waals surface area contributed by atoms with Crippen molar-refractivity contribution in [2.75, 3.05) is 6.54 Å². The van der Waals surface area contributed by atoms with Crippen LogP contribution in [0, 0.1) is 17.6 Å². The van der Waals surface area contributed by atoms with Crippen molar-refractivity contribution in [3.63, 3.8) is 0 Å². The maximum atomic E-state index is 12.8. The lowest BCUT2D eigenvalue weighted by molar-refractivity contribution is -0.175. The van der Waals surface area contributed by atoms with Gasteiger partial charge in [0.25, 0.3) is 0 Å². The fourth-order valence-electron chi connectivity index (χ4n) is 1.53. The van der Waals surface area contributed by atoms with Gasteiger partial charge in [-0.3, -0.25) is 0 Å². The molecule has 0 radical (unpaired) electrons. The largest absolute Gasteiger partial charge is 0.392 e. The lowest BCUT2D eigenvalue weighted by Gasteiger charge is -2.19. The van der Waals surface area contributed by atoms with Crippen molar-refractivity contribution in [3.8, 4) is 0 Å². The Labute approximate surface area is 95.4 Å². The first kappa shape index (κ1) is 13.9. The van der Waals surface area contributed by atoms with Crippen molar-refractivity contribution in [1.82, 2.24) is 0 Å². The molecule has 0 aromatic heterocycles. The summed E-state index contributed by atoms with van der Waals surface area (Å²) in [6, 6.07) is 2.75. The van der Waals surface area contributed by atoms with Gasteiger partial charge in [0.2, 0.25) is 0 Å². The highest BCUT2D eigenvalue weighted by molar-refractivity contribution is 5.18. The molecule has 0 amide bonds. The van der Waals surface area contributed by atoms with E-state index in [0.717, 1.165) is 18.2 Å². The zero-order valence-electron chi connectivity index (χ0n) is 8.90. The van der Waals surface area contributed by atoms with Gasteiger partial charge >= 0.3 is 6.18 Å². The van der Waals surface area contributed by atoms with E-state index in [0.29, 0.717) is 0 Å². The summed E-state index contributed by atoms with van der Waals surface area (Å²) in [5, 5.41) is 0. The van der Waals surface area contributed by atoms with E-state index in [4.69, 9.17) is 5.73 Å². The van der Waals surface area contributed by atoms with Gasteiger partial charge < -0.3 is 5.73 Å². The van der Waals surface area contributed by atoms with Gasteiger partial charge in [-0.25, -0.2) is 8.78 Å². The molecule has 1 nitrogen and oxygen atoms in total. The molecule has 0 aliphatic rings. The lowest BCUT2D eigenvalue weighted by atomic mass is 9.95. The van der Waals surface area contributed by atoms with Crippen LogP contribution in [0.3, 0.4) is 0 Å². The number of rotatable bonds is 4. The third-order valence-corrected chi connectivity index (χ3v) is 2.44. The fraction of sp³-hybridized carbons (Fsp3) is 0.455. The molecule has 1 rings (SSSR count). The van der Waals surface area contributed by atoms with E-state index in [-0.39, 0.29) is 18.5 Å². The van der Waals surface area contributed by atoms with Crippen molar-refractivity contribution in [1.29, 1.82) is 0 Å². The molecule has 0 saturated carbocycles. The molecule has 0 heterocycles. The molecule has 17 heavy (non-hydrogen) atoms. The molecule has 0 aliphatic carbocycles. The molecule has 6 heteroatoms. The minimum atomic E-state index is -4.38. The van der Waals surface area contributed by atoms with E-state index < -0.39 is 30.1 Å². The summed E-state index contributed by atoms with van der Waals surface area (Å²) < 4.78 is 63.1. The van der Waals surface area contributed by atoms with Gasteiger partial charge in [0.15, 0.2) is 11.6 Å². The predicted molar refractivity (Wildman–Crippen MR) is 53.3 cm³/mol. The summed E-state index contributed by atoms with van der Waals surface area (Å²) in [7, 11) is 0. The van der Waals surface area contributed by atoms with Crippen LogP contribution in [0.4, 0.5) is 22.0 Å². The van der Waals surface area contributed by atoms with Gasteiger partial charge in [-0.1, -0.05) is 6.07 Å². The Balaban J connectivity index is 2.82. The van der Waals surface area contributed by atoms with Gasteiger partial charge in [0, 0.05) is 0 Å². The standard InChI is InChI=1S/C11H12F5N/c12-9-2-1-7(6-10(9)13)5-8(3-4-17)11(14,15)16/h1-2,6,8H,3-5,17H2. The third kappa shape index (κ3) is 3.96. The molecule has 2 N–H and O–H groups in total. The van der Waals surface area contributed by atoms with Crippen LogP contribution < -0.4 is 5.73 Å². The van der Waals surface area contributed by atoms with Crippen LogP contribution in [0.25, 0.3) is 0 Å². The Bertz CT molecular complexity index is 375. The molecule has 1 atom stereocenters. The average Bonchev–Trinajstić information content (AvgIpc) is 2.21. The van der Waals surface area contributed by atoms with Gasteiger partial charge in [0.05, 0.1) is 5.92 Å². The van der Waals surface area contributed by atoms with Crippen molar-refractivity contribution >= 4 is 0 Å². The van der Waals surface area contributed by atoms with Crippen LogP contribution in [0.1, 0.15) is 12.0 Å². The molecule has 1 aromatic rings. The molecule has 0 bridgehead atoms. The van der Waals surface area contributed by atoms with Crippen LogP contribution in [0.5, 0.6) is 0 Å². The zero-order chi connectivity index (χ0) is 13.1. The van der Waals surface area contributed by atoms with E-state index in [1.807, 2.05) is 0 Å². The summed E-state index contributed by atoms with van der Waals surface area (Å²) >= 11 is 0. The third-order valence-electron chi connectivity index (χ3n) is 2.44. The molecule has 0 aliphatic heterocycles. The maximum absolute atomic E-state index is 12.8. The van der Waals surface area contributed by atoms with Crippen molar-refractivity contribution in [3.05, 3.63) is 35.4 Å². The number of hydrogen-bond donors (Lipinski definition) is 1. The zero-order valence-corrected chi connectivity index (χ0v) is 8.90. The predicted octanol–water partition coefficient (Wildman–Crippen LogP) is 3.03. The van der Waals surface area contributed by atoms with E-state index in [1.54, 1.807) is 0 Å². The normalized spacial score (nSPS) is 13.8. The second-order valence-corrected chi connectivity index (χ2v) is 3.77. The van der Waals surface area contributed by atoms with Crippen LogP contribution in [0.15, 0.2) is 18.2 Å². The van der Waals surface area contributed by atoms with E-state index in [9.17, 15) is 22.0 Å². The van der Waals surface area contributed by atoms with Crippen LogP contribution in [-0.2, 0) is 6.42 Å². The molecule has 96 valence electrons. The van der Waals surface area contributed by atoms with E-state index in [1.165, 1.54) is 0 Å². The summed E-state index contributed by atoms with van der Waals surface area (Å²) in [4.78, 5) is 0. The van der Waals surface area contributed by atoms with E-state index >= 15 is 0 Å². The van der Waals surface area contributed by atoms with Gasteiger partial charge in [0.1, 0.15) is 0 Å². The Morgan fingerprint density at radius 2 is 1.76 bits per heavy atom. The summed E-state index contributed by atoms with van der Waals surface area (Å²) in [6.45, 7) is -0.103. The number of alkyl halides is 3. The Morgan fingerprint density at radius 1 is 1.12 bits per heavy atom. The number of hydrogen-bond acceptors (Lipinski definition) is 1. The molecule has 0 saturated heterocycles. The lowest BCUT2D eigenvalue weighted by Crippen LogP contribution is -2.27. The first-order valence-corrected chi connectivity index (χ1v) is 5.05. The minimum Gasteiger partial charge on any atom is -0.330 e. The second kappa shape index (κ2) is 5.44. The van der Waals surface area contributed by atoms with Gasteiger partial charge in [-0.2, -0.15) is 13.2 Å². The highest BCUT2D eigenvalue weighted by Gasteiger charge is 2.38. The highest BCUT2D eigenvalue weighted by atomic mass is 19.4. The Kier molecular flexibility index (Phi) is 4.45. The SMILES string of the molecule is NCCC(Cc1ccc(F)c(F)c1)C(F)(F)F. The van der Waals surface area contributed by atoms with Crippen molar-refractivity contribution in [2.45, 2.75) is 19.0 Å². The van der Waals surface area contributed by atoms with Crippen LogP contribution in [-0.4, -0.2) is 12.7 Å². The van der Waals surface area contributed by atoms with E-state index in [2.05, 4.69) is 0 Å². The molecule has 1 unspecified atom stereocenters. The van der Waals surface area contributed by atoms with Crippen LogP contribution >= 0.6 is 0 Å². The van der Waals surface area contributed by atoms with Crippen LogP contribution in [0.2, 0.25) is 0 Å². The summed E-state index contributed by atoms with van der Waals surface area (Å²) in [5.74, 6) is -3.84. The second-order valence-electron chi connectivity index (χ2n) is 3.77. The minimum absolute atomic E-state index is 0.103. The number of halogens is 5. The average molecular weight is 253 g/mol. The Morgan fingerprint density at radius 3 is 2.24 bits per heavy atom. The molecule has 0 fully saturated rings. The quantitative estimate of drug-likeness (QED) is 0.820. The first-order chi connectivity index (χ1) is 7.84. The molecule has 1 aromatic carbocycles. The highest BCUT2D eigenvalue weighted by Crippen LogP contribution is 2.31. The maximum Gasteiger partial charge on any atom is 0.392 e. The molecular weight excluding hydrogens is 241 g/mol. The topological polar surface area (TPSA) is 26.0 Å². The van der Waals surface area contributed by atoms with Crippen molar-refractivity contribution < 1.29 is 22.0 Å².